The van der Waals surface area contributed by atoms with Crippen LogP contribution in [0.15, 0.2) is 66.9 Å². The average Bonchev–Trinajstić information content (AvgIpc) is 2.73. The number of anilines is 2. The van der Waals surface area contributed by atoms with Crippen molar-refractivity contribution in [1.29, 1.82) is 5.41 Å². The Bertz CT molecular complexity index is 1040. The Morgan fingerprint density at radius 1 is 1.07 bits per heavy atom. The van der Waals surface area contributed by atoms with Gasteiger partial charge in [-0.15, -0.1) is 0 Å². The average molecular weight is 399 g/mol. The van der Waals surface area contributed by atoms with E-state index in [0.717, 1.165) is 41.9 Å². The fourth-order valence-corrected chi connectivity index (χ4v) is 3.29. The van der Waals surface area contributed by atoms with E-state index < -0.39 is 0 Å². The zero-order valence-electron chi connectivity index (χ0n) is 17.0. The highest BCUT2D eigenvalue weighted by Crippen LogP contribution is 2.18. The van der Waals surface area contributed by atoms with Crippen LogP contribution >= 0.6 is 0 Å². The predicted molar refractivity (Wildman–Crippen MR) is 120 cm³/mol. The molecule has 2 aromatic carbocycles. The number of hydrogen-bond donors (Lipinski definition) is 3. The SMILES string of the molecule is Cc1ccc(NC(=O)c2ccccc2CNc2ccc(C(=N)N3CCC3)cc2)nc1. The summed E-state index contributed by atoms with van der Waals surface area (Å²) < 4.78 is 0. The zero-order valence-corrected chi connectivity index (χ0v) is 17.0. The molecule has 1 fully saturated rings. The quantitative estimate of drug-likeness (QED) is 0.427. The molecular formula is C24H25N5O. The van der Waals surface area contributed by atoms with E-state index in [-0.39, 0.29) is 5.91 Å². The fourth-order valence-electron chi connectivity index (χ4n) is 3.29. The van der Waals surface area contributed by atoms with Crippen molar-refractivity contribution in [3.05, 3.63) is 89.1 Å². The molecular weight excluding hydrogens is 374 g/mol. The Hall–Kier alpha value is -3.67. The van der Waals surface area contributed by atoms with E-state index in [4.69, 9.17) is 5.41 Å². The zero-order chi connectivity index (χ0) is 20.9. The second kappa shape index (κ2) is 8.78. The number of nitrogens with one attached hydrogen (secondary N) is 3. The first-order valence-electron chi connectivity index (χ1n) is 10.1. The van der Waals surface area contributed by atoms with Gasteiger partial charge in [-0.25, -0.2) is 4.98 Å². The minimum Gasteiger partial charge on any atom is -0.381 e. The summed E-state index contributed by atoms with van der Waals surface area (Å²) in [7, 11) is 0. The third-order valence-electron chi connectivity index (χ3n) is 5.23. The minimum absolute atomic E-state index is 0.179. The lowest BCUT2D eigenvalue weighted by atomic mass is 10.1. The number of carbonyl (C=O) groups excluding carboxylic acids is 1. The molecule has 0 unspecified atom stereocenters. The van der Waals surface area contributed by atoms with E-state index in [2.05, 4.69) is 20.5 Å². The van der Waals surface area contributed by atoms with E-state index in [1.165, 1.54) is 0 Å². The molecule has 4 rings (SSSR count). The normalized spacial score (nSPS) is 12.8. The lowest BCUT2D eigenvalue weighted by Crippen LogP contribution is -2.42. The summed E-state index contributed by atoms with van der Waals surface area (Å²) >= 11 is 0. The van der Waals surface area contributed by atoms with Crippen molar-refractivity contribution in [2.24, 2.45) is 0 Å². The van der Waals surface area contributed by atoms with Crippen LogP contribution in [0, 0.1) is 12.3 Å². The molecule has 0 atom stereocenters. The number of aromatic nitrogens is 1. The van der Waals surface area contributed by atoms with Gasteiger partial charge in [-0.3, -0.25) is 10.2 Å². The fraction of sp³-hybridized carbons (Fsp3) is 0.208. The smallest absolute Gasteiger partial charge is 0.257 e. The van der Waals surface area contributed by atoms with Gasteiger partial charge in [0.15, 0.2) is 0 Å². The van der Waals surface area contributed by atoms with Crippen molar-refractivity contribution in [2.45, 2.75) is 19.9 Å². The van der Waals surface area contributed by atoms with Gasteiger partial charge in [-0.05, 0) is 60.9 Å². The van der Waals surface area contributed by atoms with Crippen LogP contribution < -0.4 is 10.6 Å². The van der Waals surface area contributed by atoms with Gasteiger partial charge in [-0.1, -0.05) is 24.3 Å². The van der Waals surface area contributed by atoms with E-state index >= 15 is 0 Å². The van der Waals surface area contributed by atoms with E-state index in [1.807, 2.05) is 61.5 Å². The van der Waals surface area contributed by atoms with Gasteiger partial charge in [-0.2, -0.15) is 0 Å². The number of likely N-dealkylation sites (tertiary alicyclic amines) is 1. The van der Waals surface area contributed by atoms with Gasteiger partial charge in [0.1, 0.15) is 11.7 Å². The first-order valence-corrected chi connectivity index (χ1v) is 10.1. The standard InChI is InChI=1S/C24H25N5O/c1-17-7-12-22(27-15-17)28-24(30)21-6-3-2-5-19(21)16-26-20-10-8-18(9-11-20)23(25)29-13-4-14-29/h2-3,5-12,15,25-26H,4,13-14,16H2,1H3,(H,27,28,30). The van der Waals surface area contributed by atoms with Gasteiger partial charge in [0.2, 0.25) is 0 Å². The Morgan fingerprint density at radius 3 is 2.50 bits per heavy atom. The molecule has 0 spiro atoms. The van der Waals surface area contributed by atoms with Crippen LogP contribution in [0.2, 0.25) is 0 Å². The number of carbonyl (C=O) groups is 1. The second-order valence-electron chi connectivity index (χ2n) is 7.45. The maximum absolute atomic E-state index is 12.7. The lowest BCUT2D eigenvalue weighted by molar-refractivity contribution is 0.102. The molecule has 0 radical (unpaired) electrons. The maximum Gasteiger partial charge on any atom is 0.257 e. The van der Waals surface area contributed by atoms with Crippen LogP contribution in [0.5, 0.6) is 0 Å². The Morgan fingerprint density at radius 2 is 1.83 bits per heavy atom. The van der Waals surface area contributed by atoms with Crippen molar-refractivity contribution in [2.75, 3.05) is 23.7 Å². The molecule has 6 heteroatoms. The largest absolute Gasteiger partial charge is 0.381 e. The number of hydrogen-bond acceptors (Lipinski definition) is 4. The molecule has 6 nitrogen and oxygen atoms in total. The molecule has 1 saturated heterocycles. The number of benzene rings is 2. The predicted octanol–water partition coefficient (Wildman–Crippen LogP) is 4.29. The first kappa shape index (κ1) is 19.6. The number of amides is 1. The van der Waals surface area contributed by atoms with Crippen molar-refractivity contribution in [3.8, 4) is 0 Å². The highest BCUT2D eigenvalue weighted by atomic mass is 16.1. The van der Waals surface area contributed by atoms with E-state index in [1.54, 1.807) is 12.3 Å². The van der Waals surface area contributed by atoms with Crippen molar-refractivity contribution in [1.82, 2.24) is 9.88 Å². The number of nitrogens with zero attached hydrogens (tertiary/aromatic N) is 2. The van der Waals surface area contributed by atoms with E-state index in [9.17, 15) is 4.79 Å². The molecule has 0 bridgehead atoms. The first-order chi connectivity index (χ1) is 14.6. The number of aryl methyl sites for hydroxylation is 1. The third kappa shape index (κ3) is 4.49. The van der Waals surface area contributed by atoms with Gasteiger partial charge in [0.25, 0.3) is 5.91 Å². The number of rotatable bonds is 6. The molecule has 1 amide bonds. The summed E-state index contributed by atoms with van der Waals surface area (Å²) in [5.41, 5.74) is 4.43. The summed E-state index contributed by atoms with van der Waals surface area (Å²) in [5, 5.41) is 14.5. The monoisotopic (exact) mass is 399 g/mol. The highest BCUT2D eigenvalue weighted by molar-refractivity contribution is 6.04. The van der Waals surface area contributed by atoms with Crippen LogP contribution in [0.4, 0.5) is 11.5 Å². The van der Waals surface area contributed by atoms with Crippen LogP contribution in [0.3, 0.4) is 0 Å². The molecule has 30 heavy (non-hydrogen) atoms. The van der Waals surface area contributed by atoms with Crippen molar-refractivity contribution in [3.63, 3.8) is 0 Å². The lowest BCUT2D eigenvalue weighted by Gasteiger charge is -2.33. The molecule has 0 saturated carbocycles. The molecule has 2 heterocycles. The minimum atomic E-state index is -0.179. The third-order valence-corrected chi connectivity index (χ3v) is 5.23. The Labute approximate surface area is 176 Å². The van der Waals surface area contributed by atoms with Crippen molar-refractivity contribution < 1.29 is 4.79 Å². The topological polar surface area (TPSA) is 81.1 Å². The Kier molecular flexibility index (Phi) is 5.75. The number of pyridine rings is 1. The number of amidine groups is 1. The summed E-state index contributed by atoms with van der Waals surface area (Å²) in [6.45, 7) is 4.42. The van der Waals surface area contributed by atoms with Gasteiger partial charge >= 0.3 is 0 Å². The van der Waals surface area contributed by atoms with Crippen LogP contribution in [0.1, 0.15) is 33.5 Å². The summed E-state index contributed by atoms with van der Waals surface area (Å²) in [5.74, 6) is 0.940. The van der Waals surface area contributed by atoms with Gasteiger partial charge < -0.3 is 15.5 Å². The van der Waals surface area contributed by atoms with Gasteiger partial charge in [0, 0.05) is 42.6 Å². The Balaban J connectivity index is 1.40. The van der Waals surface area contributed by atoms with Crippen LogP contribution in [0.25, 0.3) is 0 Å². The van der Waals surface area contributed by atoms with Crippen LogP contribution in [-0.2, 0) is 6.54 Å². The molecule has 1 aliphatic rings. The van der Waals surface area contributed by atoms with Crippen LogP contribution in [-0.4, -0.2) is 34.7 Å². The molecule has 3 N–H and O–H groups in total. The highest BCUT2D eigenvalue weighted by Gasteiger charge is 2.18. The molecule has 1 aromatic heterocycles. The maximum atomic E-state index is 12.7. The van der Waals surface area contributed by atoms with E-state index in [0.29, 0.717) is 23.8 Å². The second-order valence-corrected chi connectivity index (χ2v) is 7.45. The molecule has 3 aromatic rings. The van der Waals surface area contributed by atoms with Gasteiger partial charge in [0.05, 0.1) is 0 Å². The summed E-state index contributed by atoms with van der Waals surface area (Å²) in [6, 6.07) is 19.1. The van der Waals surface area contributed by atoms with Crippen molar-refractivity contribution >= 4 is 23.2 Å². The molecule has 0 aliphatic carbocycles. The molecule has 1 aliphatic heterocycles. The summed E-state index contributed by atoms with van der Waals surface area (Å²) in [4.78, 5) is 19.1. The summed E-state index contributed by atoms with van der Waals surface area (Å²) in [6.07, 6.45) is 2.89. The molecule has 152 valence electrons.